The van der Waals surface area contributed by atoms with Crippen LogP contribution < -0.4 is 5.32 Å². The minimum absolute atomic E-state index is 0.114. The molecule has 2 N–H and O–H groups in total. The Kier molecular flexibility index (Phi) is 3.34. The molecule has 1 aliphatic heterocycles. The van der Waals surface area contributed by atoms with Crippen LogP contribution in [0.1, 0.15) is 10.5 Å². The van der Waals surface area contributed by atoms with E-state index < -0.39 is 17.9 Å². The van der Waals surface area contributed by atoms with Crippen LogP contribution in [0.5, 0.6) is 0 Å². The van der Waals surface area contributed by atoms with E-state index in [2.05, 4.69) is 10.4 Å². The minimum Gasteiger partial charge on any atom is -0.481 e. The quantitative estimate of drug-likeness (QED) is 0.853. The second kappa shape index (κ2) is 5.17. The molecule has 110 valence electrons. The summed E-state index contributed by atoms with van der Waals surface area (Å²) in [4.78, 5) is 23.5. The van der Waals surface area contributed by atoms with Gasteiger partial charge in [-0.1, -0.05) is 18.2 Å². The Morgan fingerprint density at radius 1 is 1.38 bits per heavy atom. The first-order valence-electron chi connectivity index (χ1n) is 6.61. The van der Waals surface area contributed by atoms with Gasteiger partial charge in [0.2, 0.25) is 0 Å². The Bertz CT molecular complexity index is 709. The predicted molar refractivity (Wildman–Crippen MR) is 73.9 cm³/mol. The first-order valence-corrected chi connectivity index (χ1v) is 6.61. The normalized spacial score (nSPS) is 21.6. The van der Waals surface area contributed by atoms with Gasteiger partial charge >= 0.3 is 5.97 Å². The third kappa shape index (κ3) is 2.36. The number of hydrogen-bond donors (Lipinski definition) is 2. The highest BCUT2D eigenvalue weighted by Gasteiger charge is 2.35. The fraction of sp³-hybridized carbons (Fsp3) is 0.357. The van der Waals surface area contributed by atoms with Gasteiger partial charge in [0.05, 0.1) is 24.8 Å². The average molecular weight is 289 g/mol. The number of aliphatic carboxylic acids is 1. The van der Waals surface area contributed by atoms with Crippen LogP contribution in [-0.2, 0) is 16.6 Å². The van der Waals surface area contributed by atoms with Crippen LogP contribution in [0.4, 0.5) is 0 Å². The van der Waals surface area contributed by atoms with Gasteiger partial charge in [0, 0.05) is 12.4 Å². The molecular weight excluding hydrogens is 274 g/mol. The van der Waals surface area contributed by atoms with Gasteiger partial charge in [0.15, 0.2) is 5.69 Å². The number of carbonyl (C=O) groups is 2. The maximum atomic E-state index is 12.4. The highest BCUT2D eigenvalue weighted by molar-refractivity contribution is 6.05. The average Bonchev–Trinajstić information content (AvgIpc) is 3.04. The van der Waals surface area contributed by atoms with Crippen LogP contribution in [-0.4, -0.2) is 46.0 Å². The number of amides is 1. The maximum absolute atomic E-state index is 12.4. The van der Waals surface area contributed by atoms with Gasteiger partial charge in [0.25, 0.3) is 5.91 Å². The molecule has 0 saturated carbocycles. The summed E-state index contributed by atoms with van der Waals surface area (Å²) in [5.74, 6) is -2.07. The summed E-state index contributed by atoms with van der Waals surface area (Å²) in [6.07, 6.45) is 0. The number of nitrogens with zero attached hydrogens (tertiary/aromatic N) is 2. The van der Waals surface area contributed by atoms with Crippen LogP contribution in [0.3, 0.4) is 0 Å². The van der Waals surface area contributed by atoms with Crippen LogP contribution in [0.15, 0.2) is 24.3 Å². The van der Waals surface area contributed by atoms with Crippen molar-refractivity contribution in [3.8, 4) is 0 Å². The van der Waals surface area contributed by atoms with Gasteiger partial charge in [-0.25, -0.2) is 0 Å². The topological polar surface area (TPSA) is 93.5 Å². The minimum atomic E-state index is -0.969. The van der Waals surface area contributed by atoms with Gasteiger partial charge in [-0.2, -0.15) is 5.10 Å². The van der Waals surface area contributed by atoms with Gasteiger partial charge < -0.3 is 15.2 Å². The number of carbonyl (C=O) groups excluding carboxylic acids is 1. The lowest BCUT2D eigenvalue weighted by atomic mass is 10.0. The van der Waals surface area contributed by atoms with E-state index in [1.54, 1.807) is 11.7 Å². The summed E-state index contributed by atoms with van der Waals surface area (Å²) in [5, 5.41) is 16.8. The molecule has 0 bridgehead atoms. The molecular formula is C14H15N3O4. The van der Waals surface area contributed by atoms with Gasteiger partial charge in [0.1, 0.15) is 5.92 Å². The highest BCUT2D eigenvalue weighted by Crippen LogP contribution is 2.19. The van der Waals surface area contributed by atoms with Crippen molar-refractivity contribution >= 4 is 22.8 Å². The van der Waals surface area contributed by atoms with E-state index in [1.807, 2.05) is 24.3 Å². The Morgan fingerprint density at radius 3 is 2.90 bits per heavy atom. The third-order valence-electron chi connectivity index (χ3n) is 3.69. The summed E-state index contributed by atoms with van der Waals surface area (Å²) in [5.41, 5.74) is 1.14. The zero-order chi connectivity index (χ0) is 15.0. The molecule has 2 atom stereocenters. The number of hydrogen-bond acceptors (Lipinski definition) is 4. The third-order valence-corrected chi connectivity index (χ3v) is 3.69. The zero-order valence-corrected chi connectivity index (χ0v) is 11.4. The second-order valence-corrected chi connectivity index (χ2v) is 5.05. The summed E-state index contributed by atoms with van der Waals surface area (Å²) in [7, 11) is 1.76. The fourth-order valence-electron chi connectivity index (χ4n) is 2.56. The molecule has 3 rings (SSSR count). The van der Waals surface area contributed by atoms with Crippen molar-refractivity contribution in [2.45, 2.75) is 6.04 Å². The molecule has 1 saturated heterocycles. The van der Waals surface area contributed by atoms with Gasteiger partial charge in [-0.05, 0) is 6.07 Å². The number of aryl methyl sites for hydroxylation is 1. The van der Waals surface area contributed by atoms with Crippen molar-refractivity contribution in [2.24, 2.45) is 13.0 Å². The van der Waals surface area contributed by atoms with E-state index >= 15 is 0 Å². The van der Waals surface area contributed by atoms with Crippen molar-refractivity contribution in [1.29, 1.82) is 0 Å². The largest absolute Gasteiger partial charge is 0.481 e. The molecule has 7 nitrogen and oxygen atoms in total. The number of rotatable bonds is 3. The lowest BCUT2D eigenvalue weighted by molar-refractivity contribution is -0.142. The highest BCUT2D eigenvalue weighted by atomic mass is 16.5. The lowest BCUT2D eigenvalue weighted by Crippen LogP contribution is -2.42. The summed E-state index contributed by atoms with van der Waals surface area (Å²) >= 11 is 0. The van der Waals surface area contributed by atoms with E-state index in [1.165, 1.54) is 0 Å². The number of nitrogens with one attached hydrogen (secondary N) is 1. The number of aromatic nitrogens is 2. The molecule has 1 aliphatic rings. The van der Waals surface area contributed by atoms with Gasteiger partial charge in [-0.3, -0.25) is 14.3 Å². The molecule has 7 heteroatoms. The zero-order valence-electron chi connectivity index (χ0n) is 11.4. The maximum Gasteiger partial charge on any atom is 0.311 e. The van der Waals surface area contributed by atoms with Crippen molar-refractivity contribution in [2.75, 3.05) is 13.2 Å². The van der Waals surface area contributed by atoms with Crippen molar-refractivity contribution in [1.82, 2.24) is 15.1 Å². The standard InChI is InChI=1S/C14H15N3O4/c1-17-11-5-3-2-4-8(11)12(16-17)13(18)15-10-7-21-6-9(10)14(19)20/h2-5,9-10H,6-7H2,1H3,(H,15,18)(H,19,20). The molecule has 1 fully saturated rings. The summed E-state index contributed by atoms with van der Waals surface area (Å²) < 4.78 is 6.77. The second-order valence-electron chi connectivity index (χ2n) is 5.05. The Balaban J connectivity index is 1.86. The first kappa shape index (κ1) is 13.6. The predicted octanol–water partition coefficient (Wildman–Crippen LogP) is 0.403. The summed E-state index contributed by atoms with van der Waals surface area (Å²) in [6, 6.07) is 6.86. The molecule has 0 aliphatic carbocycles. The molecule has 21 heavy (non-hydrogen) atoms. The molecule has 1 aromatic heterocycles. The lowest BCUT2D eigenvalue weighted by Gasteiger charge is -2.14. The van der Waals surface area contributed by atoms with E-state index in [4.69, 9.17) is 9.84 Å². The van der Waals surface area contributed by atoms with Crippen LogP contribution >= 0.6 is 0 Å². The molecule has 1 amide bonds. The first-order chi connectivity index (χ1) is 10.1. The number of carboxylic acids is 1. The SMILES string of the molecule is Cn1nc(C(=O)NC2COCC2C(=O)O)c2ccccc21. The van der Waals surface area contributed by atoms with Gasteiger partial charge in [-0.15, -0.1) is 0 Å². The number of para-hydroxylation sites is 1. The number of fused-ring (bicyclic) bond motifs is 1. The molecule has 1 aromatic carbocycles. The number of ether oxygens (including phenoxy) is 1. The van der Waals surface area contributed by atoms with E-state index in [9.17, 15) is 9.59 Å². The van der Waals surface area contributed by atoms with Crippen molar-refractivity contribution < 1.29 is 19.4 Å². The van der Waals surface area contributed by atoms with E-state index in [0.717, 1.165) is 10.9 Å². The molecule has 2 aromatic rings. The fourth-order valence-corrected chi connectivity index (χ4v) is 2.56. The Morgan fingerprint density at radius 2 is 2.14 bits per heavy atom. The monoisotopic (exact) mass is 289 g/mol. The molecule has 0 spiro atoms. The van der Waals surface area contributed by atoms with E-state index in [0.29, 0.717) is 5.69 Å². The Labute approximate surface area is 120 Å². The van der Waals surface area contributed by atoms with Crippen LogP contribution in [0.25, 0.3) is 10.9 Å². The smallest absolute Gasteiger partial charge is 0.311 e. The van der Waals surface area contributed by atoms with Crippen molar-refractivity contribution in [3.63, 3.8) is 0 Å². The summed E-state index contributed by atoms with van der Waals surface area (Å²) in [6.45, 7) is 0.316. The van der Waals surface area contributed by atoms with Crippen LogP contribution in [0.2, 0.25) is 0 Å². The van der Waals surface area contributed by atoms with Crippen molar-refractivity contribution in [3.05, 3.63) is 30.0 Å². The van der Waals surface area contributed by atoms with Crippen LogP contribution in [0, 0.1) is 5.92 Å². The molecule has 0 radical (unpaired) electrons. The Hall–Kier alpha value is -2.41. The van der Waals surface area contributed by atoms with E-state index in [-0.39, 0.29) is 19.1 Å². The number of carboxylic acid groups (broad SMARTS) is 1. The molecule has 2 unspecified atom stereocenters. The molecule has 2 heterocycles. The number of benzene rings is 1.